The topological polar surface area (TPSA) is 0 Å². The molecule has 0 amide bonds. The van der Waals surface area contributed by atoms with Crippen LogP contribution < -0.4 is 0 Å². The molecule has 0 heterocycles. The van der Waals surface area contributed by atoms with E-state index < -0.39 is 0 Å². The maximum atomic E-state index is 4.44. The van der Waals surface area contributed by atoms with Crippen molar-refractivity contribution in [3.8, 4) is 0 Å². The average Bonchev–Trinajstić information content (AvgIpc) is 3.14. The molecule has 4 rings (SSSR count). The summed E-state index contributed by atoms with van der Waals surface area (Å²) in [6, 6.07) is 0. The summed E-state index contributed by atoms with van der Waals surface area (Å²) >= 11 is 0. The Kier molecular flexibility index (Phi) is 5.47. The Morgan fingerprint density at radius 3 is 2.50 bits per heavy atom. The minimum Gasteiger partial charge on any atom is -0.0993 e. The van der Waals surface area contributed by atoms with Crippen molar-refractivity contribution < 1.29 is 0 Å². The summed E-state index contributed by atoms with van der Waals surface area (Å²) in [5, 5.41) is 0. The smallest absolute Gasteiger partial charge is 0.00246 e. The lowest BCUT2D eigenvalue weighted by atomic mass is 9.61. The summed E-state index contributed by atoms with van der Waals surface area (Å²) < 4.78 is 0. The largest absolute Gasteiger partial charge is 0.0993 e. The van der Waals surface area contributed by atoms with E-state index in [9.17, 15) is 0 Å². The molecule has 0 radical (unpaired) electrons. The van der Waals surface area contributed by atoms with E-state index in [1.165, 1.54) is 57.8 Å². The van der Waals surface area contributed by atoms with Gasteiger partial charge in [0.25, 0.3) is 0 Å². The van der Waals surface area contributed by atoms with Crippen molar-refractivity contribution in [1.29, 1.82) is 0 Å². The number of rotatable bonds is 6. The Balaban J connectivity index is 1.46. The lowest BCUT2D eigenvalue weighted by Gasteiger charge is -2.44. The van der Waals surface area contributed by atoms with Crippen LogP contribution in [0.15, 0.2) is 36.0 Å². The van der Waals surface area contributed by atoms with Gasteiger partial charge in [0.1, 0.15) is 0 Å². The van der Waals surface area contributed by atoms with Crippen molar-refractivity contribution in [3.05, 3.63) is 36.0 Å². The number of fused-ring (bicyclic) bond motifs is 2. The zero-order chi connectivity index (χ0) is 20.1. The van der Waals surface area contributed by atoms with E-state index in [0.29, 0.717) is 16.7 Å². The molecule has 0 aliphatic heterocycles. The van der Waals surface area contributed by atoms with Crippen molar-refractivity contribution >= 4 is 0 Å². The molecule has 0 aromatic heterocycles. The third-order valence-electron chi connectivity index (χ3n) is 9.90. The van der Waals surface area contributed by atoms with E-state index in [2.05, 4.69) is 59.4 Å². The van der Waals surface area contributed by atoms with Crippen LogP contribution in [-0.2, 0) is 0 Å². The molecule has 0 heteroatoms. The predicted octanol–water partition coefficient (Wildman–Crippen LogP) is 8.36. The van der Waals surface area contributed by atoms with Crippen LogP contribution in [0.3, 0.4) is 0 Å². The Labute approximate surface area is 175 Å². The van der Waals surface area contributed by atoms with Gasteiger partial charge in [0, 0.05) is 0 Å². The highest BCUT2D eigenvalue weighted by Gasteiger charge is 2.58. The summed E-state index contributed by atoms with van der Waals surface area (Å²) in [6.07, 6.45) is 20.4. The van der Waals surface area contributed by atoms with Crippen LogP contribution in [0.25, 0.3) is 0 Å². The van der Waals surface area contributed by atoms with Crippen molar-refractivity contribution in [2.75, 3.05) is 0 Å². The van der Waals surface area contributed by atoms with Gasteiger partial charge in [-0.05, 0) is 104 Å². The molecule has 7 unspecified atom stereocenters. The van der Waals surface area contributed by atoms with Gasteiger partial charge in [-0.25, -0.2) is 0 Å². The molecule has 28 heavy (non-hydrogen) atoms. The van der Waals surface area contributed by atoms with Crippen molar-refractivity contribution in [2.45, 2.75) is 92.4 Å². The van der Waals surface area contributed by atoms with E-state index in [0.717, 1.165) is 29.6 Å². The fraction of sp³-hybridized carbons (Fsp3) is 0.786. The first-order chi connectivity index (χ1) is 13.3. The van der Waals surface area contributed by atoms with Crippen LogP contribution in [-0.4, -0.2) is 0 Å². The van der Waals surface area contributed by atoms with E-state index in [-0.39, 0.29) is 0 Å². The molecular weight excluding hydrogens is 336 g/mol. The van der Waals surface area contributed by atoms with E-state index >= 15 is 0 Å². The van der Waals surface area contributed by atoms with Gasteiger partial charge >= 0.3 is 0 Å². The maximum Gasteiger partial charge on any atom is -0.00246 e. The minimum atomic E-state index is 0.530. The normalized spacial score (nSPS) is 43.6. The fourth-order valence-electron chi connectivity index (χ4n) is 7.39. The maximum absolute atomic E-state index is 4.44. The highest BCUT2D eigenvalue weighted by Crippen LogP contribution is 2.68. The first kappa shape index (κ1) is 20.5. The second kappa shape index (κ2) is 7.48. The molecule has 4 saturated carbocycles. The predicted molar refractivity (Wildman–Crippen MR) is 122 cm³/mol. The molecule has 0 N–H and O–H groups in total. The van der Waals surface area contributed by atoms with Gasteiger partial charge in [-0.3, -0.25) is 0 Å². The number of allylic oxidation sites excluding steroid dienone is 5. The Bertz CT molecular complexity index is 664. The molecule has 156 valence electrons. The van der Waals surface area contributed by atoms with Crippen molar-refractivity contribution in [1.82, 2.24) is 0 Å². The zero-order valence-electron chi connectivity index (χ0n) is 19.3. The van der Waals surface area contributed by atoms with Gasteiger partial charge in [0.2, 0.25) is 0 Å². The lowest BCUT2D eigenvalue weighted by molar-refractivity contribution is 0.111. The van der Waals surface area contributed by atoms with Crippen LogP contribution in [0.1, 0.15) is 92.4 Å². The molecule has 0 aromatic rings. The minimum absolute atomic E-state index is 0.530. The molecule has 4 aliphatic carbocycles. The van der Waals surface area contributed by atoms with E-state index in [1.807, 2.05) is 5.57 Å². The Hall–Kier alpha value is -0.780. The molecule has 0 bridgehead atoms. The molecular formula is C28H44. The number of hydrogen-bond donors (Lipinski definition) is 0. The molecule has 0 saturated heterocycles. The third kappa shape index (κ3) is 3.37. The highest BCUT2D eigenvalue weighted by atomic mass is 14.6. The summed E-state index contributed by atoms with van der Waals surface area (Å²) in [5.74, 6) is 4.86. The summed E-state index contributed by atoms with van der Waals surface area (Å²) in [6.45, 7) is 16.6. The standard InChI is InChI=1S/C28H44/c1-19(2)20(3)9-10-21(4)25-13-14-26-23(8-7-16-27(25,26)6)15-17-28-18-24(28)12-11-22(28)5/h9-10,15,19-21,24-26H,5,7-8,11-14,16-18H2,1-4,6H3. The average molecular weight is 381 g/mol. The van der Waals surface area contributed by atoms with Gasteiger partial charge in [0.05, 0.1) is 0 Å². The van der Waals surface area contributed by atoms with Crippen LogP contribution >= 0.6 is 0 Å². The van der Waals surface area contributed by atoms with Crippen molar-refractivity contribution in [3.63, 3.8) is 0 Å². The molecule has 0 spiro atoms. The fourth-order valence-corrected chi connectivity index (χ4v) is 7.39. The molecule has 4 aliphatic rings. The highest BCUT2D eigenvalue weighted by molar-refractivity contribution is 5.31. The Morgan fingerprint density at radius 2 is 1.86 bits per heavy atom. The van der Waals surface area contributed by atoms with Crippen molar-refractivity contribution in [2.24, 2.45) is 46.3 Å². The van der Waals surface area contributed by atoms with Gasteiger partial charge in [-0.15, -0.1) is 0 Å². The van der Waals surface area contributed by atoms with E-state index in [4.69, 9.17) is 0 Å². The van der Waals surface area contributed by atoms with Gasteiger partial charge in [-0.2, -0.15) is 0 Å². The number of hydrogen-bond acceptors (Lipinski definition) is 0. The molecule has 4 fully saturated rings. The lowest BCUT2D eigenvalue weighted by Crippen LogP contribution is -2.35. The Morgan fingerprint density at radius 1 is 1.07 bits per heavy atom. The van der Waals surface area contributed by atoms with Crippen LogP contribution in [0, 0.1) is 46.3 Å². The first-order valence-corrected chi connectivity index (χ1v) is 12.3. The second-order valence-electron chi connectivity index (χ2n) is 11.6. The zero-order valence-corrected chi connectivity index (χ0v) is 19.3. The first-order valence-electron chi connectivity index (χ1n) is 12.3. The molecule has 0 nitrogen and oxygen atoms in total. The quantitative estimate of drug-likeness (QED) is 0.406. The summed E-state index contributed by atoms with van der Waals surface area (Å²) in [7, 11) is 0. The van der Waals surface area contributed by atoms with Crippen LogP contribution in [0.4, 0.5) is 0 Å². The SMILES string of the molecule is C=C1CCC2CC12CC=C1CCCC2(C)C1CCC2C(C)C=CC(C)C(C)C. The van der Waals surface area contributed by atoms with Crippen LogP contribution in [0.5, 0.6) is 0 Å². The van der Waals surface area contributed by atoms with Crippen LogP contribution in [0.2, 0.25) is 0 Å². The third-order valence-corrected chi connectivity index (χ3v) is 9.90. The monoisotopic (exact) mass is 380 g/mol. The van der Waals surface area contributed by atoms with Gasteiger partial charge < -0.3 is 0 Å². The van der Waals surface area contributed by atoms with Gasteiger partial charge in [-0.1, -0.05) is 70.6 Å². The molecule has 0 aromatic carbocycles. The van der Waals surface area contributed by atoms with Gasteiger partial charge in [0.15, 0.2) is 0 Å². The second-order valence-corrected chi connectivity index (χ2v) is 11.6. The van der Waals surface area contributed by atoms with E-state index in [1.54, 1.807) is 5.57 Å². The summed E-state index contributed by atoms with van der Waals surface area (Å²) in [5.41, 5.74) is 4.49. The molecule has 7 atom stereocenters. The summed E-state index contributed by atoms with van der Waals surface area (Å²) in [4.78, 5) is 0.